The summed E-state index contributed by atoms with van der Waals surface area (Å²) in [5, 5.41) is 3.35. The van der Waals surface area contributed by atoms with E-state index in [0.717, 1.165) is 13.1 Å². The van der Waals surface area contributed by atoms with Crippen molar-refractivity contribution in [3.63, 3.8) is 0 Å². The van der Waals surface area contributed by atoms with Gasteiger partial charge in [0.05, 0.1) is 0 Å². The summed E-state index contributed by atoms with van der Waals surface area (Å²) < 4.78 is 0. The van der Waals surface area contributed by atoms with Crippen molar-refractivity contribution in [1.82, 2.24) is 5.32 Å². The van der Waals surface area contributed by atoms with Crippen molar-refractivity contribution in [2.45, 2.75) is 40.2 Å². The number of nitrogens with two attached hydrogens (primary N) is 1. The monoisotopic (exact) mass is 196 g/mol. The molecule has 1 aliphatic heterocycles. The number of hydrogen-bond acceptors (Lipinski definition) is 2. The van der Waals surface area contributed by atoms with Gasteiger partial charge in [-0.1, -0.05) is 39.3 Å². The smallest absolute Gasteiger partial charge is 0.0354 e. The Bertz CT molecular complexity index is 213. The minimum Gasteiger partial charge on any atom is -0.323 e. The first-order valence-electron chi connectivity index (χ1n) is 5.55. The van der Waals surface area contributed by atoms with Gasteiger partial charge in [-0.05, 0) is 17.8 Å². The molecular formula is C12H24N2. The maximum absolute atomic E-state index is 5.87. The van der Waals surface area contributed by atoms with Crippen molar-refractivity contribution in [1.29, 1.82) is 0 Å². The fraction of sp³-hybridized carbons (Fsp3) is 0.833. The molecule has 0 amide bonds. The van der Waals surface area contributed by atoms with E-state index >= 15 is 0 Å². The Labute approximate surface area is 87.9 Å². The topological polar surface area (TPSA) is 38.0 Å². The van der Waals surface area contributed by atoms with Crippen LogP contribution >= 0.6 is 0 Å². The Morgan fingerprint density at radius 3 is 2.71 bits per heavy atom. The van der Waals surface area contributed by atoms with Crippen LogP contribution in [0.4, 0.5) is 0 Å². The van der Waals surface area contributed by atoms with Crippen LogP contribution in [-0.4, -0.2) is 19.1 Å². The second-order valence-electron chi connectivity index (χ2n) is 5.59. The summed E-state index contributed by atoms with van der Waals surface area (Å²) in [5.74, 6) is 0.709. The summed E-state index contributed by atoms with van der Waals surface area (Å²) in [6, 6.07) is 0.214. The zero-order chi connectivity index (χ0) is 10.8. The molecule has 1 heterocycles. The van der Waals surface area contributed by atoms with E-state index in [-0.39, 0.29) is 6.04 Å². The Balaban J connectivity index is 2.52. The summed E-state index contributed by atoms with van der Waals surface area (Å²) in [4.78, 5) is 0. The maximum Gasteiger partial charge on any atom is 0.0354 e. The highest BCUT2D eigenvalue weighted by atomic mass is 14.9. The van der Waals surface area contributed by atoms with Crippen molar-refractivity contribution in [2.24, 2.45) is 17.1 Å². The predicted octanol–water partition coefficient (Wildman–Crippen LogP) is 1.92. The van der Waals surface area contributed by atoms with E-state index in [4.69, 9.17) is 5.73 Å². The van der Waals surface area contributed by atoms with Gasteiger partial charge in [-0.25, -0.2) is 0 Å². The van der Waals surface area contributed by atoms with Gasteiger partial charge < -0.3 is 11.1 Å². The molecule has 0 aromatic rings. The Morgan fingerprint density at radius 1 is 1.57 bits per heavy atom. The second-order valence-corrected chi connectivity index (χ2v) is 5.59. The Hall–Kier alpha value is -0.340. The summed E-state index contributed by atoms with van der Waals surface area (Å²) >= 11 is 0. The first-order chi connectivity index (χ1) is 6.39. The Kier molecular flexibility index (Phi) is 3.73. The summed E-state index contributed by atoms with van der Waals surface area (Å²) in [6.07, 6.45) is 3.41. The second kappa shape index (κ2) is 4.45. The third-order valence-electron chi connectivity index (χ3n) is 3.23. The van der Waals surface area contributed by atoms with E-state index in [1.807, 2.05) is 0 Å². The van der Waals surface area contributed by atoms with Crippen LogP contribution in [0.25, 0.3) is 0 Å². The van der Waals surface area contributed by atoms with Crippen LogP contribution in [0.5, 0.6) is 0 Å². The number of nitrogens with one attached hydrogen (secondary N) is 1. The molecule has 0 saturated carbocycles. The van der Waals surface area contributed by atoms with E-state index < -0.39 is 0 Å². The average Bonchev–Trinajstić information content (AvgIpc) is 2.02. The standard InChI is InChI=1S/C12H24N2/c1-9(12(2,3)4)5-10-6-11(13)8-14-7-10/h6,9,11,14H,5,7-8,13H2,1-4H3. The van der Waals surface area contributed by atoms with Gasteiger partial charge in [0, 0.05) is 19.1 Å². The first kappa shape index (κ1) is 11.7. The van der Waals surface area contributed by atoms with Crippen molar-refractivity contribution >= 4 is 0 Å². The van der Waals surface area contributed by atoms with Gasteiger partial charge >= 0.3 is 0 Å². The molecule has 0 aliphatic carbocycles. The van der Waals surface area contributed by atoms with E-state index in [1.54, 1.807) is 0 Å². The van der Waals surface area contributed by atoms with Crippen LogP contribution in [0.3, 0.4) is 0 Å². The van der Waals surface area contributed by atoms with Crippen molar-refractivity contribution in [3.8, 4) is 0 Å². The molecule has 2 atom stereocenters. The van der Waals surface area contributed by atoms with Crippen LogP contribution in [0.2, 0.25) is 0 Å². The SMILES string of the molecule is CC(CC1=CC(N)CNC1)C(C)(C)C. The fourth-order valence-corrected chi connectivity index (χ4v) is 1.66. The molecule has 1 aliphatic rings. The quantitative estimate of drug-likeness (QED) is 0.662. The summed E-state index contributed by atoms with van der Waals surface area (Å²) in [6.45, 7) is 11.2. The van der Waals surface area contributed by atoms with E-state index in [1.165, 1.54) is 12.0 Å². The van der Waals surface area contributed by atoms with Gasteiger partial charge in [0.25, 0.3) is 0 Å². The lowest BCUT2D eigenvalue weighted by Crippen LogP contribution is -2.38. The molecule has 0 aromatic carbocycles. The van der Waals surface area contributed by atoms with Crippen LogP contribution in [0.15, 0.2) is 11.6 Å². The highest BCUT2D eigenvalue weighted by Crippen LogP contribution is 2.30. The van der Waals surface area contributed by atoms with Crippen LogP contribution < -0.4 is 11.1 Å². The lowest BCUT2D eigenvalue weighted by atomic mass is 9.78. The highest BCUT2D eigenvalue weighted by molar-refractivity contribution is 5.13. The molecule has 3 N–H and O–H groups in total. The average molecular weight is 196 g/mol. The molecule has 14 heavy (non-hydrogen) atoms. The normalized spacial score (nSPS) is 25.8. The van der Waals surface area contributed by atoms with E-state index in [2.05, 4.69) is 39.1 Å². The minimum atomic E-state index is 0.214. The van der Waals surface area contributed by atoms with Crippen LogP contribution in [-0.2, 0) is 0 Å². The number of rotatable bonds is 2. The van der Waals surface area contributed by atoms with Gasteiger partial charge in [-0.15, -0.1) is 0 Å². The molecule has 0 aromatic heterocycles. The molecule has 2 unspecified atom stereocenters. The van der Waals surface area contributed by atoms with E-state index in [9.17, 15) is 0 Å². The third kappa shape index (κ3) is 3.43. The molecule has 0 spiro atoms. The first-order valence-corrected chi connectivity index (χ1v) is 5.55. The molecule has 0 bridgehead atoms. The molecule has 82 valence electrons. The lowest BCUT2D eigenvalue weighted by molar-refractivity contribution is 0.257. The summed E-state index contributed by atoms with van der Waals surface area (Å²) in [7, 11) is 0. The predicted molar refractivity (Wildman–Crippen MR) is 62.2 cm³/mol. The van der Waals surface area contributed by atoms with Gasteiger partial charge in [0.2, 0.25) is 0 Å². The molecule has 0 fully saturated rings. The van der Waals surface area contributed by atoms with Gasteiger partial charge in [0.15, 0.2) is 0 Å². The third-order valence-corrected chi connectivity index (χ3v) is 3.23. The van der Waals surface area contributed by atoms with Gasteiger partial charge in [-0.3, -0.25) is 0 Å². The zero-order valence-electron chi connectivity index (χ0n) is 9.93. The van der Waals surface area contributed by atoms with Crippen molar-refractivity contribution in [3.05, 3.63) is 11.6 Å². The molecule has 2 nitrogen and oxygen atoms in total. The highest BCUT2D eigenvalue weighted by Gasteiger charge is 2.21. The Morgan fingerprint density at radius 2 is 2.21 bits per heavy atom. The fourth-order valence-electron chi connectivity index (χ4n) is 1.66. The van der Waals surface area contributed by atoms with E-state index in [0.29, 0.717) is 11.3 Å². The minimum absolute atomic E-state index is 0.214. The molecule has 2 heteroatoms. The number of hydrogen-bond donors (Lipinski definition) is 2. The maximum atomic E-state index is 5.87. The molecule has 0 saturated heterocycles. The molecule has 1 rings (SSSR count). The van der Waals surface area contributed by atoms with Crippen molar-refractivity contribution < 1.29 is 0 Å². The molecule has 0 radical (unpaired) electrons. The van der Waals surface area contributed by atoms with Crippen LogP contribution in [0, 0.1) is 11.3 Å². The summed E-state index contributed by atoms with van der Waals surface area (Å²) in [5.41, 5.74) is 7.74. The lowest BCUT2D eigenvalue weighted by Gasteiger charge is -2.30. The van der Waals surface area contributed by atoms with Crippen LogP contribution in [0.1, 0.15) is 34.1 Å². The zero-order valence-corrected chi connectivity index (χ0v) is 9.93. The molecular weight excluding hydrogens is 172 g/mol. The van der Waals surface area contributed by atoms with Gasteiger partial charge in [-0.2, -0.15) is 0 Å². The largest absolute Gasteiger partial charge is 0.323 e. The van der Waals surface area contributed by atoms with Crippen molar-refractivity contribution in [2.75, 3.05) is 13.1 Å². The van der Waals surface area contributed by atoms with Gasteiger partial charge in [0.1, 0.15) is 0 Å².